The van der Waals surface area contributed by atoms with Crippen molar-refractivity contribution >= 4 is 0 Å². The molecule has 0 bridgehead atoms. The van der Waals surface area contributed by atoms with E-state index in [-0.39, 0.29) is 0 Å². The largest absolute Gasteiger partial charge is 0.258 e. The van der Waals surface area contributed by atoms with Crippen molar-refractivity contribution in [3.63, 3.8) is 0 Å². The molecule has 0 radical (unpaired) electrons. The Kier molecular flexibility index (Phi) is 27.5. The van der Waals surface area contributed by atoms with Gasteiger partial charge in [0.15, 0.2) is 0 Å². The summed E-state index contributed by atoms with van der Waals surface area (Å²) in [5, 5.41) is 2.02. The molecule has 0 atom stereocenters. The topological polar surface area (TPSA) is 15.3 Å². The summed E-state index contributed by atoms with van der Waals surface area (Å²) in [5.74, 6) is 0. The molecule has 20 heavy (non-hydrogen) atoms. The summed E-state index contributed by atoms with van der Waals surface area (Å²) in [6, 6.07) is 0. The smallest absolute Gasteiger partial charge is 0.0311 e. The van der Waals surface area contributed by atoms with Crippen molar-refractivity contribution < 1.29 is 0 Å². The van der Waals surface area contributed by atoms with Gasteiger partial charge < -0.3 is 0 Å². The molecule has 0 aromatic carbocycles. The summed E-state index contributed by atoms with van der Waals surface area (Å²) in [4.78, 5) is 0. The molecule has 1 aliphatic rings. The van der Waals surface area contributed by atoms with Gasteiger partial charge in [0, 0.05) is 13.6 Å². The van der Waals surface area contributed by atoms with Gasteiger partial charge in [-0.3, -0.25) is 5.43 Å². The van der Waals surface area contributed by atoms with Crippen LogP contribution in [0.5, 0.6) is 0 Å². The first-order valence-electron chi connectivity index (χ1n) is 7.91. The molecule has 2 heteroatoms. The summed E-state index contributed by atoms with van der Waals surface area (Å²) in [5.41, 5.74) is 4.30. The Bertz CT molecular complexity index is 273. The first kappa shape index (κ1) is 23.9. The SMILES string of the molecule is CC.CC.CC.CNN(C)C/C=C/C1=CC=CCC=C1. The van der Waals surface area contributed by atoms with E-state index in [0.717, 1.165) is 13.0 Å². The second-order valence-corrected chi connectivity index (χ2v) is 3.24. The van der Waals surface area contributed by atoms with Gasteiger partial charge in [0.05, 0.1) is 0 Å². The highest BCUT2D eigenvalue weighted by Crippen LogP contribution is 2.05. The molecule has 118 valence electrons. The van der Waals surface area contributed by atoms with E-state index in [1.54, 1.807) is 0 Å². The minimum absolute atomic E-state index is 0.908. The van der Waals surface area contributed by atoms with Gasteiger partial charge in [-0.1, -0.05) is 84.1 Å². The van der Waals surface area contributed by atoms with Gasteiger partial charge in [0.1, 0.15) is 0 Å². The predicted molar refractivity (Wildman–Crippen MR) is 95.9 cm³/mol. The average Bonchev–Trinajstić information content (AvgIpc) is 2.82. The fourth-order valence-electron chi connectivity index (χ4n) is 1.15. The lowest BCUT2D eigenvalue weighted by Gasteiger charge is -2.10. The van der Waals surface area contributed by atoms with Gasteiger partial charge in [-0.15, -0.1) is 0 Å². The van der Waals surface area contributed by atoms with E-state index >= 15 is 0 Å². The Hall–Kier alpha value is -1.12. The summed E-state index contributed by atoms with van der Waals surface area (Å²) in [7, 11) is 3.93. The normalized spacial score (nSPS) is 12.3. The van der Waals surface area contributed by atoms with Crippen LogP contribution in [0.15, 0.2) is 48.1 Å². The molecule has 0 saturated heterocycles. The highest BCUT2D eigenvalue weighted by atomic mass is 15.5. The van der Waals surface area contributed by atoms with Gasteiger partial charge in [0.25, 0.3) is 0 Å². The first-order chi connectivity index (χ1) is 9.83. The predicted octanol–water partition coefficient (Wildman–Crippen LogP) is 5.13. The van der Waals surface area contributed by atoms with Crippen LogP contribution < -0.4 is 5.43 Å². The summed E-state index contributed by atoms with van der Waals surface area (Å²) in [6.45, 7) is 12.9. The van der Waals surface area contributed by atoms with Gasteiger partial charge >= 0.3 is 0 Å². The second kappa shape index (κ2) is 23.0. The molecule has 0 aromatic heterocycles. The zero-order chi connectivity index (χ0) is 16.2. The van der Waals surface area contributed by atoms with Crippen molar-refractivity contribution in [2.75, 3.05) is 20.6 Å². The Balaban J connectivity index is -0.000000425. The van der Waals surface area contributed by atoms with E-state index in [4.69, 9.17) is 0 Å². The van der Waals surface area contributed by atoms with Crippen LogP contribution >= 0.6 is 0 Å². The van der Waals surface area contributed by atoms with Crippen LogP contribution in [0.3, 0.4) is 0 Å². The van der Waals surface area contributed by atoms with Gasteiger partial charge in [-0.25, -0.2) is 5.01 Å². The number of hydrogen-bond donors (Lipinski definition) is 1. The summed E-state index contributed by atoms with van der Waals surface area (Å²) in [6.07, 6.45) is 16.0. The maximum Gasteiger partial charge on any atom is 0.0311 e. The van der Waals surface area contributed by atoms with E-state index < -0.39 is 0 Å². The van der Waals surface area contributed by atoms with Crippen molar-refractivity contribution in [2.24, 2.45) is 0 Å². The molecule has 2 nitrogen and oxygen atoms in total. The molecule has 0 saturated carbocycles. The third-order valence-corrected chi connectivity index (χ3v) is 2.08. The zero-order valence-corrected chi connectivity index (χ0v) is 14.9. The number of hydrogen-bond acceptors (Lipinski definition) is 2. The summed E-state index contributed by atoms with van der Waals surface area (Å²) >= 11 is 0. The minimum atomic E-state index is 0.908. The molecule has 0 amide bonds. The Morgan fingerprint density at radius 2 is 1.70 bits per heavy atom. The highest BCUT2D eigenvalue weighted by Gasteiger charge is 1.89. The van der Waals surface area contributed by atoms with Gasteiger partial charge in [0.2, 0.25) is 0 Å². The van der Waals surface area contributed by atoms with E-state index in [2.05, 4.69) is 48.0 Å². The van der Waals surface area contributed by atoms with E-state index in [9.17, 15) is 0 Å². The number of rotatable bonds is 4. The number of allylic oxidation sites excluding steroid dienone is 7. The van der Waals surface area contributed by atoms with E-state index in [1.165, 1.54) is 5.57 Å². The van der Waals surface area contributed by atoms with Crippen LogP contribution in [0.2, 0.25) is 0 Å². The monoisotopic (exact) mass is 280 g/mol. The molecular weight excluding hydrogens is 244 g/mol. The lowest BCUT2D eigenvalue weighted by molar-refractivity contribution is 0.290. The lowest BCUT2D eigenvalue weighted by atomic mass is 10.2. The lowest BCUT2D eigenvalue weighted by Crippen LogP contribution is -2.30. The van der Waals surface area contributed by atoms with E-state index in [1.807, 2.05) is 60.6 Å². The molecule has 0 heterocycles. The fraction of sp³-hybridized carbons (Fsp3) is 0.556. The molecule has 1 rings (SSSR count). The minimum Gasteiger partial charge on any atom is -0.258 e. The quantitative estimate of drug-likeness (QED) is 0.718. The van der Waals surface area contributed by atoms with Crippen LogP contribution in [0.25, 0.3) is 0 Å². The molecule has 0 spiro atoms. The van der Waals surface area contributed by atoms with Crippen LogP contribution in [0, 0.1) is 0 Å². The molecule has 0 aromatic rings. The summed E-state index contributed by atoms with van der Waals surface area (Å²) < 4.78 is 0. The van der Waals surface area contributed by atoms with Gasteiger partial charge in [-0.2, -0.15) is 0 Å². The van der Waals surface area contributed by atoms with Crippen LogP contribution in [-0.2, 0) is 0 Å². The van der Waals surface area contributed by atoms with Gasteiger partial charge in [-0.05, 0) is 19.0 Å². The fourth-order valence-corrected chi connectivity index (χ4v) is 1.15. The number of likely N-dealkylation sites (N-methyl/N-ethyl adjacent to an activating group) is 1. The molecule has 1 aliphatic carbocycles. The number of nitrogens with one attached hydrogen (secondary N) is 1. The second-order valence-electron chi connectivity index (χ2n) is 3.24. The standard InChI is InChI=1S/C12H18N2.3C2H6/c1-13-14(2)11-7-10-12-8-5-3-4-6-9-12;3*1-2/h3,5-10,13H,4,11H2,1-2H3;3*1-2H3/b10-7+;;;. The first-order valence-corrected chi connectivity index (χ1v) is 7.91. The van der Waals surface area contributed by atoms with Crippen LogP contribution in [-0.4, -0.2) is 25.6 Å². The third-order valence-electron chi connectivity index (χ3n) is 2.08. The zero-order valence-electron chi connectivity index (χ0n) is 14.9. The van der Waals surface area contributed by atoms with Crippen LogP contribution in [0.1, 0.15) is 48.0 Å². The Labute approximate surface area is 127 Å². The average molecular weight is 280 g/mol. The Morgan fingerprint density at radius 3 is 2.25 bits per heavy atom. The molecular formula is C18H36N2. The molecule has 0 fully saturated rings. The van der Waals surface area contributed by atoms with Crippen molar-refractivity contribution in [2.45, 2.75) is 48.0 Å². The maximum absolute atomic E-state index is 3.05. The van der Waals surface area contributed by atoms with Crippen molar-refractivity contribution in [1.29, 1.82) is 0 Å². The Morgan fingerprint density at radius 1 is 1.10 bits per heavy atom. The van der Waals surface area contributed by atoms with Crippen molar-refractivity contribution in [3.8, 4) is 0 Å². The number of hydrazine groups is 1. The maximum atomic E-state index is 3.05. The number of nitrogens with zero attached hydrogens (tertiary/aromatic N) is 1. The molecule has 0 unspecified atom stereocenters. The van der Waals surface area contributed by atoms with E-state index in [0.29, 0.717) is 0 Å². The third kappa shape index (κ3) is 16.9. The van der Waals surface area contributed by atoms with Crippen molar-refractivity contribution in [1.82, 2.24) is 10.4 Å². The highest BCUT2D eigenvalue weighted by molar-refractivity contribution is 5.35. The van der Waals surface area contributed by atoms with Crippen LogP contribution in [0.4, 0.5) is 0 Å². The molecule has 0 aliphatic heterocycles. The van der Waals surface area contributed by atoms with Crippen molar-refractivity contribution in [3.05, 3.63) is 48.1 Å². The molecule has 1 N–H and O–H groups in total.